The predicted octanol–water partition coefficient (Wildman–Crippen LogP) is 3.12. The van der Waals surface area contributed by atoms with Crippen molar-refractivity contribution in [2.24, 2.45) is 0 Å². The summed E-state index contributed by atoms with van der Waals surface area (Å²) in [4.78, 5) is 22.6. The van der Waals surface area contributed by atoms with Crippen LogP contribution >= 0.6 is 11.3 Å². The maximum atomic E-state index is 12.1. The quantitative estimate of drug-likeness (QED) is 0.627. The molecule has 0 saturated carbocycles. The number of rotatable bonds is 7. The largest absolute Gasteiger partial charge is 0.493 e. The molecule has 0 atom stereocenters. The maximum Gasteiger partial charge on any atom is 0.341 e. The molecule has 5 nitrogen and oxygen atoms in total. The highest BCUT2D eigenvalue weighted by molar-refractivity contribution is 7.08. The summed E-state index contributed by atoms with van der Waals surface area (Å²) in [5.74, 6) is -0.658. The number of aliphatic carboxylic acids is 1. The number of hydrogen-bond acceptors (Lipinski definition) is 5. The average molecular weight is 318 g/mol. The highest BCUT2D eigenvalue weighted by atomic mass is 32.1. The lowest BCUT2D eigenvalue weighted by Crippen LogP contribution is -2.10. The fourth-order valence-corrected chi connectivity index (χ4v) is 2.35. The van der Waals surface area contributed by atoms with Gasteiger partial charge in [0.15, 0.2) is 23.9 Å². The number of allylic oxidation sites excluding steroid dienone is 1. The smallest absolute Gasteiger partial charge is 0.341 e. The van der Waals surface area contributed by atoms with Gasteiger partial charge in [0.25, 0.3) is 0 Å². The zero-order valence-corrected chi connectivity index (χ0v) is 12.6. The molecule has 2 aromatic rings. The molecule has 22 heavy (non-hydrogen) atoms. The predicted molar refractivity (Wildman–Crippen MR) is 83.8 cm³/mol. The van der Waals surface area contributed by atoms with E-state index in [1.54, 1.807) is 23.5 Å². The van der Waals surface area contributed by atoms with Crippen molar-refractivity contribution in [2.45, 2.75) is 0 Å². The van der Waals surface area contributed by atoms with E-state index in [9.17, 15) is 9.59 Å². The number of ketones is 1. The van der Waals surface area contributed by atoms with Crippen molar-refractivity contribution in [3.63, 3.8) is 0 Å². The Bertz CT molecular complexity index is 689. The van der Waals surface area contributed by atoms with Gasteiger partial charge in [0, 0.05) is 5.56 Å². The van der Waals surface area contributed by atoms with Crippen LogP contribution in [0.3, 0.4) is 0 Å². The van der Waals surface area contributed by atoms with E-state index in [2.05, 4.69) is 0 Å². The van der Waals surface area contributed by atoms with E-state index in [0.717, 1.165) is 5.56 Å². The minimum Gasteiger partial charge on any atom is -0.493 e. The summed E-state index contributed by atoms with van der Waals surface area (Å²) in [6.45, 7) is -0.471. The molecule has 0 aliphatic heterocycles. The Morgan fingerprint density at radius 2 is 2.09 bits per heavy atom. The van der Waals surface area contributed by atoms with E-state index in [-0.39, 0.29) is 11.5 Å². The third-order valence-corrected chi connectivity index (χ3v) is 3.47. The van der Waals surface area contributed by atoms with E-state index in [1.165, 1.54) is 25.3 Å². The zero-order chi connectivity index (χ0) is 15.9. The number of thiophene rings is 1. The lowest BCUT2D eigenvalue weighted by Gasteiger charge is -2.09. The van der Waals surface area contributed by atoms with Crippen molar-refractivity contribution in [3.8, 4) is 11.5 Å². The summed E-state index contributed by atoms with van der Waals surface area (Å²) in [5.41, 5.74) is 1.40. The van der Waals surface area contributed by atoms with Crippen LogP contribution in [0.4, 0.5) is 0 Å². The molecule has 0 unspecified atom stereocenters. The van der Waals surface area contributed by atoms with Crippen molar-refractivity contribution < 1.29 is 24.2 Å². The van der Waals surface area contributed by atoms with Crippen LogP contribution in [0.15, 0.2) is 41.1 Å². The molecule has 0 saturated heterocycles. The number of hydrogen-bond donors (Lipinski definition) is 1. The highest BCUT2D eigenvalue weighted by Crippen LogP contribution is 2.28. The Morgan fingerprint density at radius 3 is 2.73 bits per heavy atom. The summed E-state index contributed by atoms with van der Waals surface area (Å²) in [6.07, 6.45) is 3.22. The summed E-state index contributed by atoms with van der Waals surface area (Å²) in [7, 11) is 1.43. The Kier molecular flexibility index (Phi) is 5.32. The van der Waals surface area contributed by atoms with Crippen LogP contribution < -0.4 is 9.47 Å². The second-order valence-corrected chi connectivity index (χ2v) is 5.08. The highest BCUT2D eigenvalue weighted by Gasteiger charge is 2.10. The zero-order valence-electron chi connectivity index (χ0n) is 11.8. The summed E-state index contributed by atoms with van der Waals surface area (Å²) in [5, 5.41) is 12.5. The lowest BCUT2D eigenvalue weighted by molar-refractivity contribution is -0.139. The van der Waals surface area contributed by atoms with Crippen molar-refractivity contribution in [2.75, 3.05) is 13.7 Å². The first kappa shape index (κ1) is 15.8. The Balaban J connectivity index is 2.14. The van der Waals surface area contributed by atoms with Crippen molar-refractivity contribution in [3.05, 3.63) is 52.2 Å². The molecular weight excluding hydrogens is 304 g/mol. The fraction of sp³-hybridized carbons (Fsp3) is 0.125. The van der Waals surface area contributed by atoms with Gasteiger partial charge < -0.3 is 14.6 Å². The minimum atomic E-state index is -1.08. The SMILES string of the molecule is COc1cc(C(=O)/C=C/c2ccsc2)ccc1OCC(=O)O. The van der Waals surface area contributed by atoms with Crippen molar-refractivity contribution >= 4 is 29.2 Å². The number of carbonyl (C=O) groups is 2. The summed E-state index contributed by atoms with van der Waals surface area (Å²) < 4.78 is 10.2. The third kappa shape index (κ3) is 4.20. The van der Waals surface area contributed by atoms with E-state index < -0.39 is 12.6 Å². The molecule has 1 aromatic heterocycles. The van der Waals surface area contributed by atoms with Gasteiger partial charge in [0.2, 0.25) is 0 Å². The molecular formula is C16H14O5S. The van der Waals surface area contributed by atoms with Gasteiger partial charge in [-0.3, -0.25) is 4.79 Å². The topological polar surface area (TPSA) is 72.8 Å². The molecule has 1 N–H and O–H groups in total. The first-order valence-corrected chi connectivity index (χ1v) is 7.31. The Morgan fingerprint density at radius 1 is 1.27 bits per heavy atom. The van der Waals surface area contributed by atoms with Gasteiger partial charge in [-0.15, -0.1) is 0 Å². The first-order chi connectivity index (χ1) is 10.6. The van der Waals surface area contributed by atoms with Gasteiger partial charge in [0.1, 0.15) is 0 Å². The normalized spacial score (nSPS) is 10.6. The monoisotopic (exact) mass is 318 g/mol. The number of carbonyl (C=O) groups excluding carboxylic acids is 1. The summed E-state index contributed by atoms with van der Waals surface area (Å²) in [6, 6.07) is 6.53. The minimum absolute atomic E-state index is 0.172. The number of carboxylic acids is 1. The first-order valence-electron chi connectivity index (χ1n) is 6.37. The van der Waals surface area contributed by atoms with Crippen LogP contribution in [-0.4, -0.2) is 30.6 Å². The van der Waals surface area contributed by atoms with Crippen molar-refractivity contribution in [1.82, 2.24) is 0 Å². The fourth-order valence-electron chi connectivity index (χ4n) is 1.72. The molecule has 0 aliphatic carbocycles. The summed E-state index contributed by atoms with van der Waals surface area (Å²) >= 11 is 1.56. The Hall–Kier alpha value is -2.60. The number of carboxylic acid groups (broad SMARTS) is 1. The van der Waals surface area contributed by atoms with Crippen LogP contribution in [0.5, 0.6) is 11.5 Å². The van der Waals surface area contributed by atoms with Crippen LogP contribution in [0.1, 0.15) is 15.9 Å². The molecule has 1 aromatic carbocycles. The number of benzene rings is 1. The maximum absolute atomic E-state index is 12.1. The average Bonchev–Trinajstić information content (AvgIpc) is 3.03. The molecule has 2 rings (SSSR count). The number of ether oxygens (including phenoxy) is 2. The molecule has 1 heterocycles. The molecule has 0 amide bonds. The van der Waals surface area contributed by atoms with Crippen molar-refractivity contribution in [1.29, 1.82) is 0 Å². The van der Waals surface area contributed by atoms with E-state index in [1.807, 2.05) is 16.8 Å². The Labute approximate surface area is 131 Å². The van der Waals surface area contributed by atoms with E-state index >= 15 is 0 Å². The molecule has 0 bridgehead atoms. The van der Waals surface area contributed by atoms with Gasteiger partial charge in [-0.25, -0.2) is 4.79 Å². The second kappa shape index (κ2) is 7.42. The van der Waals surface area contributed by atoms with Crippen LogP contribution in [0.2, 0.25) is 0 Å². The standard InChI is InChI=1S/C16H14O5S/c1-20-15-8-12(3-5-14(15)21-9-16(18)19)13(17)4-2-11-6-7-22-10-11/h2-8,10H,9H2,1H3,(H,18,19)/b4-2+. The third-order valence-electron chi connectivity index (χ3n) is 2.77. The lowest BCUT2D eigenvalue weighted by atomic mass is 10.1. The van der Waals surface area contributed by atoms with Crippen LogP contribution in [0.25, 0.3) is 6.08 Å². The van der Waals surface area contributed by atoms with Gasteiger partial charge in [-0.05, 0) is 46.7 Å². The van der Waals surface area contributed by atoms with E-state index in [0.29, 0.717) is 11.3 Å². The van der Waals surface area contributed by atoms with Gasteiger partial charge in [0.05, 0.1) is 7.11 Å². The van der Waals surface area contributed by atoms with Gasteiger partial charge in [-0.2, -0.15) is 11.3 Å². The molecule has 0 radical (unpaired) electrons. The van der Waals surface area contributed by atoms with Crippen LogP contribution in [-0.2, 0) is 4.79 Å². The molecule has 0 fully saturated rings. The molecule has 0 aliphatic rings. The van der Waals surface area contributed by atoms with E-state index in [4.69, 9.17) is 14.6 Å². The van der Waals surface area contributed by atoms with Gasteiger partial charge in [-0.1, -0.05) is 6.08 Å². The van der Waals surface area contributed by atoms with Gasteiger partial charge >= 0.3 is 5.97 Å². The molecule has 0 spiro atoms. The molecule has 6 heteroatoms. The molecule has 114 valence electrons. The second-order valence-electron chi connectivity index (χ2n) is 4.30. The number of methoxy groups -OCH3 is 1. The van der Waals surface area contributed by atoms with Crippen LogP contribution in [0, 0.1) is 0 Å².